The van der Waals surface area contributed by atoms with Gasteiger partial charge < -0.3 is 19.6 Å². The molecule has 232 valence electrons. The summed E-state index contributed by atoms with van der Waals surface area (Å²) in [7, 11) is 3.72. The summed E-state index contributed by atoms with van der Waals surface area (Å²) in [6.07, 6.45) is 9.83. The van der Waals surface area contributed by atoms with Crippen LogP contribution in [0.5, 0.6) is 0 Å². The number of rotatable bonds is 3. The number of carbonyl (C=O) groups excluding carboxylic acids is 1. The van der Waals surface area contributed by atoms with E-state index in [-0.39, 0.29) is 35.7 Å². The molecule has 0 amide bonds. The molecule has 0 saturated carbocycles. The molecule has 3 unspecified atom stereocenters. The highest BCUT2D eigenvalue weighted by Gasteiger charge is 2.48. The van der Waals surface area contributed by atoms with Crippen LogP contribution in [0.3, 0.4) is 0 Å². The summed E-state index contributed by atoms with van der Waals surface area (Å²) in [5.41, 5.74) is 10.7. The van der Waals surface area contributed by atoms with E-state index < -0.39 is 0 Å². The quantitative estimate of drug-likeness (QED) is 0.195. The minimum absolute atomic E-state index is 0.0749. The second-order valence-corrected chi connectivity index (χ2v) is 13.8. The number of ether oxygens (including phenoxy) is 1. The molecule has 1 aliphatic carbocycles. The molecule has 2 aromatic carbocycles. The van der Waals surface area contributed by atoms with Crippen molar-refractivity contribution in [3.63, 3.8) is 0 Å². The number of nitrogens with one attached hydrogen (secondary N) is 2. The number of methoxy groups -OCH3 is 1. The number of para-hydroxylation sites is 2. The second-order valence-electron chi connectivity index (χ2n) is 13.8. The third-order valence-corrected chi connectivity index (χ3v) is 11.6. The molecule has 4 aliphatic heterocycles. The highest BCUT2D eigenvalue weighted by Crippen LogP contribution is 2.49. The van der Waals surface area contributed by atoms with Crippen molar-refractivity contribution in [2.45, 2.75) is 44.7 Å². The lowest BCUT2D eigenvalue weighted by Gasteiger charge is -2.48. The first-order valence-corrected chi connectivity index (χ1v) is 16.7. The van der Waals surface area contributed by atoms with E-state index in [1.54, 1.807) is 7.11 Å². The molecule has 2 fully saturated rings. The summed E-state index contributed by atoms with van der Waals surface area (Å²) in [5.74, 6) is 0.504. The first-order valence-electron chi connectivity index (χ1n) is 16.7. The summed E-state index contributed by atoms with van der Waals surface area (Å²) in [6.45, 7) is 10.4. The number of esters is 1. The van der Waals surface area contributed by atoms with Crippen molar-refractivity contribution in [3.05, 3.63) is 101 Å². The molecule has 2 N–H and O–H groups in total. The van der Waals surface area contributed by atoms with Gasteiger partial charge in [0.05, 0.1) is 13.0 Å². The van der Waals surface area contributed by atoms with Crippen LogP contribution in [0, 0.1) is 23.7 Å². The zero-order chi connectivity index (χ0) is 30.8. The second kappa shape index (κ2) is 11.2. The van der Waals surface area contributed by atoms with Crippen molar-refractivity contribution in [2.24, 2.45) is 23.7 Å². The molecule has 7 atom stereocenters. The Kier molecular flexibility index (Phi) is 7.10. The summed E-state index contributed by atoms with van der Waals surface area (Å²) < 4.78 is 5.54. The Morgan fingerprint density at radius 1 is 1.02 bits per heavy atom. The standard InChI is InChI=1S/C39H44N4O2/c1-5-23-20-42(3)35-19-31-27-11-7-9-13-33(27)40-37(31)25(17-29(23)36(35)39(44)45-4)18-30-26-15-16-43(21-24(26)6-2)22-32-28-12-8-10-14-34(28)41-38(30)32/h5-14,18,23,25-26,29,35-36,40-41H,1,15-17,19-22H2,2-4H3/b24-6-,30-18-/t23?,25-,26+,29+,35-,36?/m1/s1. The van der Waals surface area contributed by atoms with Gasteiger partial charge in [-0.3, -0.25) is 9.69 Å². The minimum atomic E-state index is -0.213. The van der Waals surface area contributed by atoms with Crippen LogP contribution in [0.1, 0.15) is 48.2 Å². The number of fused-ring (bicyclic) bond motifs is 8. The van der Waals surface area contributed by atoms with Gasteiger partial charge in [0, 0.05) is 70.7 Å². The lowest BCUT2D eigenvalue weighted by Crippen LogP contribution is -2.56. The molecule has 4 aromatic rings. The molecule has 45 heavy (non-hydrogen) atoms. The molecule has 2 aromatic heterocycles. The van der Waals surface area contributed by atoms with E-state index in [9.17, 15) is 4.79 Å². The van der Waals surface area contributed by atoms with Gasteiger partial charge in [-0.25, -0.2) is 0 Å². The number of benzene rings is 2. The summed E-state index contributed by atoms with van der Waals surface area (Å²) in [5, 5.41) is 2.59. The molecule has 9 rings (SSSR count). The lowest BCUT2D eigenvalue weighted by atomic mass is 9.65. The number of piperidine rings is 2. The number of H-pyrrole nitrogens is 2. The number of allylic oxidation sites excluding steroid dienone is 3. The molecule has 2 saturated heterocycles. The summed E-state index contributed by atoms with van der Waals surface area (Å²) in [4.78, 5) is 26.5. The fourth-order valence-corrected chi connectivity index (χ4v) is 9.43. The van der Waals surface area contributed by atoms with Crippen molar-refractivity contribution in [1.82, 2.24) is 19.8 Å². The number of carbonyl (C=O) groups is 1. The Morgan fingerprint density at radius 2 is 1.76 bits per heavy atom. The van der Waals surface area contributed by atoms with Gasteiger partial charge in [-0.2, -0.15) is 0 Å². The molecule has 4 bridgehead atoms. The zero-order valence-electron chi connectivity index (χ0n) is 26.7. The first-order chi connectivity index (χ1) is 22.0. The normalized spacial score (nSPS) is 31.7. The maximum absolute atomic E-state index is 13.7. The Morgan fingerprint density at radius 3 is 2.49 bits per heavy atom. The van der Waals surface area contributed by atoms with Crippen molar-refractivity contribution in [2.75, 3.05) is 33.8 Å². The van der Waals surface area contributed by atoms with Crippen LogP contribution >= 0.6 is 0 Å². The van der Waals surface area contributed by atoms with E-state index in [0.29, 0.717) is 5.92 Å². The SMILES string of the molecule is C=CC1CN(C)[C@@H]2Cc3c([nH]c4ccccc34)[C@@H](/C=C3\c4[nH]c5ccccc5c4CN4CC[C@H]3/C(=C\C)C4)C[C@@H]1C2C(=O)OC. The Bertz CT molecular complexity index is 1860. The highest BCUT2D eigenvalue weighted by molar-refractivity contribution is 5.91. The van der Waals surface area contributed by atoms with Crippen LogP contribution in [0.4, 0.5) is 0 Å². The lowest BCUT2D eigenvalue weighted by molar-refractivity contribution is -0.154. The monoisotopic (exact) mass is 600 g/mol. The first kappa shape index (κ1) is 28.6. The van der Waals surface area contributed by atoms with Crippen LogP contribution in [0.25, 0.3) is 27.4 Å². The van der Waals surface area contributed by atoms with Gasteiger partial charge in [0.2, 0.25) is 0 Å². The maximum Gasteiger partial charge on any atom is 0.310 e. The summed E-state index contributed by atoms with van der Waals surface area (Å²) >= 11 is 0. The number of nitrogens with zero attached hydrogens (tertiary/aromatic N) is 2. The topological polar surface area (TPSA) is 64.4 Å². The van der Waals surface area contributed by atoms with E-state index in [1.165, 1.54) is 55.5 Å². The Hall–Kier alpha value is -3.87. The molecule has 6 heteroatoms. The zero-order valence-corrected chi connectivity index (χ0v) is 26.7. The van der Waals surface area contributed by atoms with Gasteiger partial charge in [-0.15, -0.1) is 6.58 Å². The molecule has 6 heterocycles. The fraction of sp³-hybridized carbons (Fsp3) is 0.410. The Balaban J connectivity index is 1.38. The van der Waals surface area contributed by atoms with Gasteiger partial charge in [-0.05, 0) is 80.4 Å². The van der Waals surface area contributed by atoms with Crippen LogP contribution in [-0.2, 0) is 22.5 Å². The van der Waals surface area contributed by atoms with Gasteiger partial charge >= 0.3 is 5.97 Å². The van der Waals surface area contributed by atoms with Crippen LogP contribution in [-0.4, -0.2) is 65.6 Å². The fourth-order valence-electron chi connectivity index (χ4n) is 9.43. The number of aromatic nitrogens is 2. The van der Waals surface area contributed by atoms with Gasteiger partial charge in [0.1, 0.15) is 0 Å². The van der Waals surface area contributed by atoms with E-state index >= 15 is 0 Å². The largest absolute Gasteiger partial charge is 0.469 e. The number of hydrogen-bond donors (Lipinski definition) is 2. The average molecular weight is 601 g/mol. The number of likely N-dealkylation sites (tertiary alicyclic amines) is 1. The van der Waals surface area contributed by atoms with E-state index in [4.69, 9.17) is 4.74 Å². The van der Waals surface area contributed by atoms with E-state index in [1.807, 2.05) is 0 Å². The van der Waals surface area contributed by atoms with E-state index in [2.05, 4.69) is 107 Å². The predicted octanol–water partition coefficient (Wildman–Crippen LogP) is 7.07. The minimum Gasteiger partial charge on any atom is -0.469 e. The highest BCUT2D eigenvalue weighted by atomic mass is 16.5. The van der Waals surface area contributed by atoms with Gasteiger partial charge in [0.25, 0.3) is 0 Å². The molecule has 0 spiro atoms. The van der Waals surface area contributed by atoms with Crippen LogP contribution in [0.2, 0.25) is 0 Å². The number of likely N-dealkylation sites (N-methyl/N-ethyl adjacent to an activating group) is 1. The van der Waals surface area contributed by atoms with E-state index in [0.717, 1.165) is 45.4 Å². The maximum atomic E-state index is 13.7. The molecular weight excluding hydrogens is 556 g/mol. The van der Waals surface area contributed by atoms with Crippen LogP contribution in [0.15, 0.2) is 78.9 Å². The molecular formula is C39H44N4O2. The summed E-state index contributed by atoms with van der Waals surface area (Å²) in [6, 6.07) is 17.6. The number of aromatic amines is 2. The van der Waals surface area contributed by atoms with Crippen LogP contribution < -0.4 is 0 Å². The third kappa shape index (κ3) is 4.56. The van der Waals surface area contributed by atoms with Gasteiger partial charge in [-0.1, -0.05) is 60.2 Å². The van der Waals surface area contributed by atoms with Gasteiger partial charge in [0.15, 0.2) is 0 Å². The molecule has 0 radical (unpaired) electrons. The Labute approximate surface area is 265 Å². The third-order valence-electron chi connectivity index (χ3n) is 11.6. The van der Waals surface area contributed by atoms with Crippen molar-refractivity contribution in [3.8, 4) is 0 Å². The number of hydrogen-bond acceptors (Lipinski definition) is 4. The smallest absolute Gasteiger partial charge is 0.310 e. The molecule has 5 aliphatic rings. The van der Waals surface area contributed by atoms with Crippen molar-refractivity contribution < 1.29 is 9.53 Å². The predicted molar refractivity (Wildman–Crippen MR) is 182 cm³/mol. The molecule has 6 nitrogen and oxygen atoms in total. The van der Waals surface area contributed by atoms with Crippen molar-refractivity contribution >= 4 is 33.3 Å². The van der Waals surface area contributed by atoms with Crippen molar-refractivity contribution in [1.29, 1.82) is 0 Å². The average Bonchev–Trinajstić information content (AvgIpc) is 3.59.